The van der Waals surface area contributed by atoms with E-state index in [-0.39, 0.29) is 5.78 Å². The van der Waals surface area contributed by atoms with Crippen molar-refractivity contribution in [2.75, 3.05) is 13.2 Å². The highest BCUT2D eigenvalue weighted by Crippen LogP contribution is 2.33. The number of hydrogen-bond donors (Lipinski definition) is 0. The number of carbonyl (C=O) groups excluding carboxylic acids is 1. The number of ether oxygens (including phenoxy) is 1. The van der Waals surface area contributed by atoms with Crippen LogP contribution < -0.4 is 0 Å². The largest absolute Gasteiger partial charge is 0.381 e. The van der Waals surface area contributed by atoms with Gasteiger partial charge < -0.3 is 4.74 Å². The molecule has 1 atom stereocenters. The molecule has 0 amide bonds. The molecule has 0 radical (unpaired) electrons. The van der Waals surface area contributed by atoms with Crippen molar-refractivity contribution < 1.29 is 9.53 Å². The molecule has 4 heteroatoms. The third-order valence-electron chi connectivity index (χ3n) is 3.30. The smallest absolute Gasteiger partial charge is 0.182 e. The van der Waals surface area contributed by atoms with E-state index in [4.69, 9.17) is 4.74 Å². The number of fused-ring (bicyclic) bond motifs is 1. The van der Waals surface area contributed by atoms with Gasteiger partial charge in [0.2, 0.25) is 0 Å². The quantitative estimate of drug-likeness (QED) is 0.753. The lowest BCUT2D eigenvalue weighted by Gasteiger charge is -2.19. The molecule has 0 N–H and O–H groups in total. The van der Waals surface area contributed by atoms with Crippen LogP contribution >= 0.6 is 11.3 Å². The number of aromatic nitrogens is 1. The SMILES string of the molecule is O=C1CCCc2sc(C3CCCOC3)nc21. The summed E-state index contributed by atoms with van der Waals surface area (Å²) in [6.45, 7) is 1.65. The van der Waals surface area contributed by atoms with Crippen LogP contribution in [-0.4, -0.2) is 24.0 Å². The molecule has 0 spiro atoms. The molecule has 0 aromatic carbocycles. The van der Waals surface area contributed by atoms with Crippen molar-refractivity contribution in [1.82, 2.24) is 4.98 Å². The Balaban J connectivity index is 1.88. The first-order valence-corrected chi connectivity index (χ1v) is 6.77. The van der Waals surface area contributed by atoms with Crippen molar-refractivity contribution in [3.05, 3.63) is 15.6 Å². The number of aryl methyl sites for hydroxylation is 1. The zero-order chi connectivity index (χ0) is 11.0. The lowest BCUT2D eigenvalue weighted by molar-refractivity contribution is 0.0802. The Morgan fingerprint density at radius 3 is 3.00 bits per heavy atom. The molecule has 16 heavy (non-hydrogen) atoms. The van der Waals surface area contributed by atoms with Gasteiger partial charge in [0.25, 0.3) is 0 Å². The molecule has 1 aromatic heterocycles. The summed E-state index contributed by atoms with van der Waals surface area (Å²) in [5.74, 6) is 0.664. The monoisotopic (exact) mass is 237 g/mol. The summed E-state index contributed by atoms with van der Waals surface area (Å²) in [4.78, 5) is 17.4. The van der Waals surface area contributed by atoms with E-state index in [9.17, 15) is 4.79 Å². The van der Waals surface area contributed by atoms with Gasteiger partial charge >= 0.3 is 0 Å². The fraction of sp³-hybridized carbons (Fsp3) is 0.667. The van der Waals surface area contributed by atoms with Crippen LogP contribution in [-0.2, 0) is 11.2 Å². The third kappa shape index (κ3) is 1.80. The molecular weight excluding hydrogens is 222 g/mol. The maximum absolute atomic E-state index is 11.7. The maximum atomic E-state index is 11.7. The second kappa shape index (κ2) is 4.26. The summed E-state index contributed by atoms with van der Waals surface area (Å²) >= 11 is 1.73. The highest BCUT2D eigenvalue weighted by molar-refractivity contribution is 7.12. The molecule has 1 fully saturated rings. The summed E-state index contributed by atoms with van der Waals surface area (Å²) in [5, 5.41) is 1.12. The normalized spacial score (nSPS) is 25.5. The fourth-order valence-electron chi connectivity index (χ4n) is 2.40. The molecule has 1 unspecified atom stereocenters. The summed E-state index contributed by atoms with van der Waals surface area (Å²) in [5.41, 5.74) is 0.761. The molecule has 3 nitrogen and oxygen atoms in total. The van der Waals surface area contributed by atoms with Gasteiger partial charge in [0.05, 0.1) is 11.6 Å². The van der Waals surface area contributed by atoms with Gasteiger partial charge in [0.15, 0.2) is 5.78 Å². The van der Waals surface area contributed by atoms with Gasteiger partial charge in [-0.15, -0.1) is 11.3 Å². The minimum atomic E-state index is 0.237. The van der Waals surface area contributed by atoms with Gasteiger partial charge in [0.1, 0.15) is 5.69 Å². The molecule has 1 aliphatic heterocycles. The van der Waals surface area contributed by atoms with E-state index < -0.39 is 0 Å². The zero-order valence-electron chi connectivity index (χ0n) is 9.20. The molecule has 86 valence electrons. The van der Waals surface area contributed by atoms with Gasteiger partial charge in [0, 0.05) is 23.8 Å². The van der Waals surface area contributed by atoms with E-state index in [1.54, 1.807) is 11.3 Å². The molecule has 3 rings (SSSR count). The average molecular weight is 237 g/mol. The lowest BCUT2D eigenvalue weighted by Crippen LogP contribution is -2.15. The van der Waals surface area contributed by atoms with Crippen molar-refractivity contribution in [3.8, 4) is 0 Å². The van der Waals surface area contributed by atoms with E-state index in [1.807, 2.05) is 0 Å². The summed E-state index contributed by atoms with van der Waals surface area (Å²) < 4.78 is 5.48. The van der Waals surface area contributed by atoms with Crippen molar-refractivity contribution in [3.63, 3.8) is 0 Å². The van der Waals surface area contributed by atoms with Crippen molar-refractivity contribution >= 4 is 17.1 Å². The van der Waals surface area contributed by atoms with Crippen LogP contribution in [0.1, 0.15) is 52.0 Å². The van der Waals surface area contributed by atoms with Gasteiger partial charge in [-0.3, -0.25) is 4.79 Å². The van der Waals surface area contributed by atoms with Gasteiger partial charge in [-0.25, -0.2) is 4.98 Å². The van der Waals surface area contributed by atoms with E-state index in [0.29, 0.717) is 12.3 Å². The van der Waals surface area contributed by atoms with Crippen LogP contribution in [0.25, 0.3) is 0 Å². The number of rotatable bonds is 1. The Labute approximate surface area is 98.8 Å². The topological polar surface area (TPSA) is 39.2 Å². The number of ketones is 1. The Kier molecular flexibility index (Phi) is 2.77. The minimum Gasteiger partial charge on any atom is -0.381 e. The van der Waals surface area contributed by atoms with Gasteiger partial charge in [-0.2, -0.15) is 0 Å². The van der Waals surface area contributed by atoms with Crippen LogP contribution in [0.15, 0.2) is 0 Å². The first-order chi connectivity index (χ1) is 7.84. The molecule has 1 aromatic rings. The number of thiazole rings is 1. The molecule has 2 aliphatic rings. The van der Waals surface area contributed by atoms with E-state index in [2.05, 4.69) is 4.98 Å². The lowest BCUT2D eigenvalue weighted by atomic mass is 10.0. The van der Waals surface area contributed by atoms with E-state index in [1.165, 1.54) is 4.88 Å². The van der Waals surface area contributed by atoms with Crippen molar-refractivity contribution in [1.29, 1.82) is 0 Å². The molecule has 0 saturated carbocycles. The molecule has 1 aliphatic carbocycles. The first kappa shape index (κ1) is 10.4. The highest BCUT2D eigenvalue weighted by Gasteiger charge is 2.26. The second-order valence-corrected chi connectivity index (χ2v) is 5.63. The average Bonchev–Trinajstić information content (AvgIpc) is 2.76. The fourth-order valence-corrected chi connectivity index (χ4v) is 3.64. The van der Waals surface area contributed by atoms with Crippen LogP contribution in [0, 0.1) is 0 Å². The van der Waals surface area contributed by atoms with Crippen LogP contribution in [0.5, 0.6) is 0 Å². The van der Waals surface area contributed by atoms with Crippen molar-refractivity contribution in [2.24, 2.45) is 0 Å². The maximum Gasteiger partial charge on any atom is 0.182 e. The predicted octanol–water partition coefficient (Wildman–Crippen LogP) is 2.56. The first-order valence-electron chi connectivity index (χ1n) is 5.95. The Hall–Kier alpha value is -0.740. The Bertz CT molecular complexity index is 407. The predicted molar refractivity (Wildman–Crippen MR) is 62.2 cm³/mol. The van der Waals surface area contributed by atoms with Crippen LogP contribution in [0.2, 0.25) is 0 Å². The molecule has 1 saturated heterocycles. The molecule has 2 heterocycles. The summed E-state index contributed by atoms with van der Waals surface area (Å²) in [6, 6.07) is 0. The Morgan fingerprint density at radius 1 is 1.31 bits per heavy atom. The molecular formula is C12H15NO2S. The second-order valence-electron chi connectivity index (χ2n) is 4.51. The standard InChI is InChI=1S/C12H15NO2S/c14-9-4-1-5-10-11(9)13-12(16-10)8-3-2-6-15-7-8/h8H,1-7H2. The Morgan fingerprint density at radius 2 is 2.25 bits per heavy atom. The number of nitrogens with zero attached hydrogens (tertiary/aromatic N) is 1. The van der Waals surface area contributed by atoms with Gasteiger partial charge in [-0.1, -0.05) is 0 Å². The third-order valence-corrected chi connectivity index (χ3v) is 4.57. The van der Waals surface area contributed by atoms with Crippen LogP contribution in [0.3, 0.4) is 0 Å². The molecule has 0 bridgehead atoms. The zero-order valence-corrected chi connectivity index (χ0v) is 10.0. The van der Waals surface area contributed by atoms with E-state index in [0.717, 1.165) is 49.6 Å². The van der Waals surface area contributed by atoms with E-state index >= 15 is 0 Å². The number of Topliss-reactive ketones (excluding diaryl/α,β-unsaturated/α-hetero) is 1. The number of hydrogen-bond acceptors (Lipinski definition) is 4. The van der Waals surface area contributed by atoms with Gasteiger partial charge in [-0.05, 0) is 25.7 Å². The van der Waals surface area contributed by atoms with Crippen LogP contribution in [0.4, 0.5) is 0 Å². The minimum absolute atomic E-state index is 0.237. The summed E-state index contributed by atoms with van der Waals surface area (Å²) in [6.07, 6.45) is 4.97. The summed E-state index contributed by atoms with van der Waals surface area (Å²) in [7, 11) is 0. The highest BCUT2D eigenvalue weighted by atomic mass is 32.1. The number of carbonyl (C=O) groups is 1. The van der Waals surface area contributed by atoms with Crippen molar-refractivity contribution in [2.45, 2.75) is 38.0 Å².